The number of esters is 1. The number of hydrogen-bond acceptors (Lipinski definition) is 5. The van der Waals surface area contributed by atoms with Crippen LogP contribution in [-0.4, -0.2) is 37.6 Å². The molecule has 7 heteroatoms. The number of carbonyl (C=O) groups is 2. The van der Waals surface area contributed by atoms with Crippen LogP contribution >= 0.6 is 15.9 Å². The van der Waals surface area contributed by atoms with Crippen LogP contribution in [0.3, 0.4) is 0 Å². The minimum atomic E-state index is -0.153. The van der Waals surface area contributed by atoms with E-state index in [1.165, 1.54) is 18.2 Å². The molecule has 0 spiro atoms. The molecule has 2 aromatic rings. The molecule has 4 saturated carbocycles. The van der Waals surface area contributed by atoms with Crippen LogP contribution < -0.4 is 9.64 Å². The number of halogens is 1. The maximum atomic E-state index is 14.0. The van der Waals surface area contributed by atoms with Crippen LogP contribution in [0.15, 0.2) is 41.0 Å². The minimum absolute atomic E-state index is 0.0818. The standard InChI is InChI=1S/C31H39BrN2O4/c1-21-18-24(8-9-26(21)37-2)31-14-11-30(12-15-31,13-16-31)20-34(27-19-25(32)10-17-33-27)28(35)22-4-6-23(7-5-22)29(36)38-3/h8-10,17-19,22-23H,4-7,11-16,20H2,1-3H3. The van der Waals surface area contributed by atoms with Gasteiger partial charge in [-0.1, -0.05) is 28.1 Å². The smallest absolute Gasteiger partial charge is 0.308 e. The van der Waals surface area contributed by atoms with Gasteiger partial charge < -0.3 is 9.47 Å². The van der Waals surface area contributed by atoms with Crippen molar-refractivity contribution in [3.63, 3.8) is 0 Å². The number of carbonyl (C=O) groups excluding carboxylic acids is 2. The van der Waals surface area contributed by atoms with Gasteiger partial charge in [0.05, 0.1) is 20.1 Å². The summed E-state index contributed by atoms with van der Waals surface area (Å²) in [5.41, 5.74) is 2.98. The summed E-state index contributed by atoms with van der Waals surface area (Å²) in [6.07, 6.45) is 11.4. The Bertz CT molecular complexity index is 1170. The first-order chi connectivity index (χ1) is 18.3. The van der Waals surface area contributed by atoms with E-state index in [0.717, 1.165) is 67.4 Å². The average Bonchev–Trinajstić information content (AvgIpc) is 2.96. The third kappa shape index (κ3) is 5.23. The van der Waals surface area contributed by atoms with E-state index in [2.05, 4.69) is 46.0 Å². The van der Waals surface area contributed by atoms with E-state index in [-0.39, 0.29) is 34.5 Å². The second kappa shape index (κ2) is 11.0. The summed E-state index contributed by atoms with van der Waals surface area (Å²) in [5.74, 6) is 1.50. The van der Waals surface area contributed by atoms with Crippen LogP contribution in [0.1, 0.15) is 75.3 Å². The lowest BCUT2D eigenvalue weighted by molar-refractivity contribution is -0.147. The lowest BCUT2D eigenvalue weighted by atomic mass is 9.51. The number of pyridine rings is 1. The monoisotopic (exact) mass is 582 g/mol. The van der Waals surface area contributed by atoms with Crippen LogP contribution in [0, 0.1) is 24.2 Å². The van der Waals surface area contributed by atoms with Crippen molar-refractivity contribution in [3.8, 4) is 5.75 Å². The first kappa shape index (κ1) is 27.2. The minimum Gasteiger partial charge on any atom is -0.496 e. The number of amides is 1. The second-order valence-corrected chi connectivity index (χ2v) is 12.7. The summed E-state index contributed by atoms with van der Waals surface area (Å²) < 4.78 is 11.4. The van der Waals surface area contributed by atoms with Crippen LogP contribution in [0.2, 0.25) is 0 Å². The lowest BCUT2D eigenvalue weighted by Crippen LogP contribution is -2.52. The maximum absolute atomic E-state index is 14.0. The molecule has 0 unspecified atom stereocenters. The van der Waals surface area contributed by atoms with Gasteiger partial charge in [0, 0.05) is 23.1 Å². The number of aryl methyl sites for hydroxylation is 1. The average molecular weight is 584 g/mol. The molecule has 1 amide bonds. The fourth-order valence-electron chi connectivity index (χ4n) is 7.25. The maximum Gasteiger partial charge on any atom is 0.308 e. The van der Waals surface area contributed by atoms with Gasteiger partial charge in [0.2, 0.25) is 5.91 Å². The molecule has 1 aromatic carbocycles. The third-order valence-corrected chi connectivity index (χ3v) is 10.3. The molecule has 1 aromatic heterocycles. The molecule has 1 heterocycles. The molecule has 4 aliphatic rings. The van der Waals surface area contributed by atoms with Gasteiger partial charge in [-0.15, -0.1) is 0 Å². The number of nitrogens with zero attached hydrogens (tertiary/aromatic N) is 2. The van der Waals surface area contributed by atoms with Crippen LogP contribution in [0.5, 0.6) is 5.75 Å². The number of benzene rings is 1. The van der Waals surface area contributed by atoms with Crippen LogP contribution in [0.25, 0.3) is 0 Å². The zero-order valence-electron chi connectivity index (χ0n) is 22.8. The summed E-state index contributed by atoms with van der Waals surface area (Å²) in [6, 6.07) is 10.6. The Balaban J connectivity index is 1.33. The zero-order chi connectivity index (χ0) is 26.9. The van der Waals surface area contributed by atoms with Crippen molar-refractivity contribution < 1.29 is 19.1 Å². The van der Waals surface area contributed by atoms with E-state index < -0.39 is 0 Å². The highest BCUT2D eigenvalue weighted by Gasteiger charge is 2.51. The van der Waals surface area contributed by atoms with Gasteiger partial charge in [-0.2, -0.15) is 0 Å². The first-order valence-corrected chi connectivity index (χ1v) is 14.7. The highest BCUT2D eigenvalue weighted by molar-refractivity contribution is 9.10. The summed E-state index contributed by atoms with van der Waals surface area (Å²) in [5, 5.41) is 0. The molecule has 6 nitrogen and oxygen atoms in total. The highest BCUT2D eigenvalue weighted by atomic mass is 79.9. The summed E-state index contributed by atoms with van der Waals surface area (Å²) >= 11 is 3.58. The number of hydrogen-bond donors (Lipinski definition) is 0. The van der Waals surface area contributed by atoms with Crippen molar-refractivity contribution in [2.24, 2.45) is 17.3 Å². The summed E-state index contributed by atoms with van der Waals surface area (Å²) in [7, 11) is 3.17. The second-order valence-electron chi connectivity index (χ2n) is 11.8. The molecule has 0 saturated heterocycles. The Morgan fingerprint density at radius 1 is 0.974 bits per heavy atom. The molecule has 0 aliphatic heterocycles. The number of methoxy groups -OCH3 is 2. The molecular weight excluding hydrogens is 544 g/mol. The number of anilines is 1. The van der Waals surface area contributed by atoms with E-state index in [1.807, 2.05) is 17.0 Å². The van der Waals surface area contributed by atoms with Gasteiger partial charge in [-0.05, 0) is 111 Å². The number of rotatable bonds is 7. The molecule has 0 radical (unpaired) electrons. The number of aromatic nitrogens is 1. The highest BCUT2D eigenvalue weighted by Crippen LogP contribution is 2.58. The van der Waals surface area contributed by atoms with E-state index >= 15 is 0 Å². The molecule has 0 atom stereocenters. The van der Waals surface area contributed by atoms with Crippen LogP contribution in [0.4, 0.5) is 5.82 Å². The van der Waals surface area contributed by atoms with Gasteiger partial charge in [0.25, 0.3) is 0 Å². The Kier molecular flexibility index (Phi) is 7.86. The fourth-order valence-corrected chi connectivity index (χ4v) is 7.58. The molecular formula is C31H39BrN2O4. The van der Waals surface area contributed by atoms with E-state index in [9.17, 15) is 9.59 Å². The van der Waals surface area contributed by atoms with Gasteiger partial charge >= 0.3 is 5.97 Å². The van der Waals surface area contributed by atoms with Crippen molar-refractivity contribution in [1.82, 2.24) is 4.98 Å². The van der Waals surface area contributed by atoms with E-state index in [0.29, 0.717) is 19.4 Å². The number of fused-ring (bicyclic) bond motifs is 3. The molecule has 4 aliphatic carbocycles. The Labute approximate surface area is 234 Å². The van der Waals surface area contributed by atoms with E-state index in [4.69, 9.17) is 9.47 Å². The van der Waals surface area contributed by atoms with Gasteiger partial charge in [0.1, 0.15) is 11.6 Å². The Hall–Kier alpha value is -2.41. The summed E-state index contributed by atoms with van der Waals surface area (Å²) in [6.45, 7) is 2.84. The molecule has 4 fully saturated rings. The molecule has 6 rings (SSSR count). The van der Waals surface area contributed by atoms with Crippen LogP contribution in [-0.2, 0) is 19.7 Å². The normalized spacial score (nSPS) is 28.5. The van der Waals surface area contributed by atoms with Crippen molar-refractivity contribution >= 4 is 33.6 Å². The molecule has 0 N–H and O–H groups in total. The van der Waals surface area contributed by atoms with Gasteiger partial charge in [0.15, 0.2) is 0 Å². The first-order valence-electron chi connectivity index (χ1n) is 13.9. The predicted octanol–water partition coefficient (Wildman–Crippen LogP) is 6.77. The largest absolute Gasteiger partial charge is 0.496 e. The Morgan fingerprint density at radius 2 is 1.63 bits per heavy atom. The van der Waals surface area contributed by atoms with Crippen molar-refractivity contribution in [2.45, 2.75) is 76.5 Å². The lowest BCUT2D eigenvalue weighted by Gasteiger charge is -2.55. The Morgan fingerprint density at radius 3 is 2.21 bits per heavy atom. The molecule has 2 bridgehead atoms. The predicted molar refractivity (Wildman–Crippen MR) is 151 cm³/mol. The number of ether oxygens (including phenoxy) is 2. The van der Waals surface area contributed by atoms with Gasteiger partial charge in [-0.25, -0.2) is 4.98 Å². The van der Waals surface area contributed by atoms with Crippen molar-refractivity contribution in [2.75, 3.05) is 25.7 Å². The zero-order valence-corrected chi connectivity index (χ0v) is 24.4. The topological polar surface area (TPSA) is 68.7 Å². The van der Waals surface area contributed by atoms with Gasteiger partial charge in [-0.3, -0.25) is 14.5 Å². The van der Waals surface area contributed by atoms with E-state index in [1.54, 1.807) is 13.3 Å². The van der Waals surface area contributed by atoms with Crippen molar-refractivity contribution in [3.05, 3.63) is 52.1 Å². The third-order valence-electron chi connectivity index (χ3n) is 9.76. The molecule has 38 heavy (non-hydrogen) atoms. The quantitative estimate of drug-likeness (QED) is 0.337. The van der Waals surface area contributed by atoms with Crippen molar-refractivity contribution in [1.29, 1.82) is 0 Å². The molecule has 204 valence electrons. The summed E-state index contributed by atoms with van der Waals surface area (Å²) in [4.78, 5) is 32.7. The SMILES string of the molecule is COC(=O)C1CCC(C(=O)N(CC23CCC(c4ccc(OC)c(C)c4)(CC2)CC3)c2cc(Br)ccn2)CC1. The fraction of sp³-hybridized carbons (Fsp3) is 0.581.